The second kappa shape index (κ2) is 4.04. The molecule has 1 rings (SSSR count). The summed E-state index contributed by atoms with van der Waals surface area (Å²) in [6.45, 7) is 2.10. The van der Waals surface area contributed by atoms with Gasteiger partial charge in [-0.3, -0.25) is 0 Å². The van der Waals surface area contributed by atoms with Crippen LogP contribution in [0.3, 0.4) is 0 Å². The molecular formula is C8H17NO2. The van der Waals surface area contributed by atoms with Crippen LogP contribution in [-0.4, -0.2) is 50.0 Å². The predicted octanol–water partition coefficient (Wildman–Crippen LogP) is -0.0546. The Kier molecular flexibility index (Phi) is 3.30. The van der Waals surface area contributed by atoms with Crippen LogP contribution in [0.5, 0.6) is 0 Å². The van der Waals surface area contributed by atoms with Crippen molar-refractivity contribution in [3.63, 3.8) is 0 Å². The molecule has 1 aliphatic rings. The first-order valence-corrected chi connectivity index (χ1v) is 4.08. The van der Waals surface area contributed by atoms with E-state index in [4.69, 9.17) is 9.84 Å². The molecule has 1 unspecified atom stereocenters. The van der Waals surface area contributed by atoms with Gasteiger partial charge in [-0.25, -0.2) is 0 Å². The minimum Gasteiger partial charge on any atom is -0.396 e. The topological polar surface area (TPSA) is 32.7 Å². The summed E-state index contributed by atoms with van der Waals surface area (Å²) < 4.78 is 5.07. The Morgan fingerprint density at radius 2 is 2.36 bits per heavy atom. The molecule has 0 aromatic heterocycles. The largest absolute Gasteiger partial charge is 0.396 e. The highest BCUT2D eigenvalue weighted by Gasteiger charge is 2.28. The van der Waals surface area contributed by atoms with E-state index in [1.54, 1.807) is 7.11 Å². The van der Waals surface area contributed by atoms with E-state index in [0.29, 0.717) is 18.6 Å². The highest BCUT2D eigenvalue weighted by atomic mass is 16.5. The summed E-state index contributed by atoms with van der Waals surface area (Å²) >= 11 is 0. The molecule has 3 nitrogen and oxygen atoms in total. The lowest BCUT2D eigenvalue weighted by molar-refractivity contribution is 0.129. The fraction of sp³-hybridized carbons (Fsp3) is 1.00. The van der Waals surface area contributed by atoms with Gasteiger partial charge < -0.3 is 14.7 Å². The van der Waals surface area contributed by atoms with Crippen LogP contribution in [0.1, 0.15) is 6.42 Å². The standard InChI is InChI=1S/C8H17NO2/c1-9-4-7(5-10)3-8(9)6-11-2/h7-8,10H,3-6H2,1-2H3/t7?,8-/m1/s1. The Balaban J connectivity index is 2.32. The molecule has 0 aliphatic carbocycles. The molecule has 2 atom stereocenters. The zero-order chi connectivity index (χ0) is 8.27. The van der Waals surface area contributed by atoms with Crippen molar-refractivity contribution in [3.8, 4) is 0 Å². The van der Waals surface area contributed by atoms with E-state index in [1.807, 2.05) is 0 Å². The summed E-state index contributed by atoms with van der Waals surface area (Å²) in [5.41, 5.74) is 0. The van der Waals surface area contributed by atoms with Gasteiger partial charge >= 0.3 is 0 Å². The molecular weight excluding hydrogens is 142 g/mol. The maximum atomic E-state index is 8.90. The molecule has 0 aromatic carbocycles. The first-order valence-electron chi connectivity index (χ1n) is 4.08. The zero-order valence-electron chi connectivity index (χ0n) is 7.29. The van der Waals surface area contributed by atoms with Crippen LogP contribution in [0.15, 0.2) is 0 Å². The fourth-order valence-corrected chi connectivity index (χ4v) is 1.72. The molecule has 1 fully saturated rings. The SMILES string of the molecule is COC[C@H]1CC(CO)CN1C. The van der Waals surface area contributed by atoms with Gasteiger partial charge in [-0.05, 0) is 19.4 Å². The van der Waals surface area contributed by atoms with Crippen molar-refractivity contribution in [2.24, 2.45) is 5.92 Å². The molecule has 1 N–H and O–H groups in total. The second-order valence-electron chi connectivity index (χ2n) is 3.33. The number of hydrogen-bond donors (Lipinski definition) is 1. The highest BCUT2D eigenvalue weighted by Crippen LogP contribution is 2.20. The zero-order valence-corrected chi connectivity index (χ0v) is 7.29. The number of methoxy groups -OCH3 is 1. The minimum atomic E-state index is 0.310. The molecule has 11 heavy (non-hydrogen) atoms. The van der Waals surface area contributed by atoms with Crippen molar-refractivity contribution in [2.75, 3.05) is 33.9 Å². The molecule has 66 valence electrons. The van der Waals surface area contributed by atoms with Crippen molar-refractivity contribution in [1.82, 2.24) is 4.90 Å². The molecule has 1 heterocycles. The summed E-state index contributed by atoms with van der Waals surface area (Å²) in [4.78, 5) is 2.25. The van der Waals surface area contributed by atoms with E-state index >= 15 is 0 Å². The lowest BCUT2D eigenvalue weighted by Crippen LogP contribution is -2.28. The second-order valence-corrected chi connectivity index (χ2v) is 3.33. The van der Waals surface area contributed by atoms with E-state index in [2.05, 4.69) is 11.9 Å². The van der Waals surface area contributed by atoms with Gasteiger partial charge in [0.05, 0.1) is 6.61 Å². The Morgan fingerprint density at radius 3 is 2.82 bits per heavy atom. The first kappa shape index (κ1) is 8.97. The fourth-order valence-electron chi connectivity index (χ4n) is 1.72. The van der Waals surface area contributed by atoms with Gasteiger partial charge in [-0.1, -0.05) is 0 Å². The number of nitrogens with zero attached hydrogens (tertiary/aromatic N) is 1. The van der Waals surface area contributed by atoms with E-state index in [9.17, 15) is 0 Å². The third-order valence-corrected chi connectivity index (χ3v) is 2.39. The number of likely N-dealkylation sites (N-methyl/N-ethyl adjacent to an activating group) is 1. The Hall–Kier alpha value is -0.120. The molecule has 0 aromatic rings. The lowest BCUT2D eigenvalue weighted by Gasteiger charge is -2.17. The summed E-state index contributed by atoms with van der Waals surface area (Å²) in [7, 11) is 3.81. The third kappa shape index (κ3) is 2.15. The molecule has 1 saturated heterocycles. The summed E-state index contributed by atoms with van der Waals surface area (Å²) in [6, 6.07) is 0.511. The number of ether oxygens (including phenoxy) is 1. The summed E-state index contributed by atoms with van der Waals surface area (Å²) in [6.07, 6.45) is 1.07. The number of rotatable bonds is 3. The minimum absolute atomic E-state index is 0.310. The monoisotopic (exact) mass is 159 g/mol. The molecule has 3 heteroatoms. The molecule has 0 spiro atoms. The van der Waals surface area contributed by atoms with Gasteiger partial charge in [-0.2, -0.15) is 0 Å². The third-order valence-electron chi connectivity index (χ3n) is 2.39. The van der Waals surface area contributed by atoms with Crippen molar-refractivity contribution < 1.29 is 9.84 Å². The Labute approximate surface area is 68.0 Å². The Bertz CT molecular complexity index is 119. The van der Waals surface area contributed by atoms with Crippen molar-refractivity contribution >= 4 is 0 Å². The average Bonchev–Trinajstić information content (AvgIpc) is 2.33. The van der Waals surface area contributed by atoms with Gasteiger partial charge in [0.2, 0.25) is 0 Å². The lowest BCUT2D eigenvalue weighted by atomic mass is 10.1. The van der Waals surface area contributed by atoms with Crippen LogP contribution in [0.4, 0.5) is 0 Å². The number of hydrogen-bond acceptors (Lipinski definition) is 3. The smallest absolute Gasteiger partial charge is 0.0618 e. The molecule has 0 bridgehead atoms. The van der Waals surface area contributed by atoms with E-state index in [1.165, 1.54) is 0 Å². The van der Waals surface area contributed by atoms with Gasteiger partial charge in [0.1, 0.15) is 0 Å². The molecule has 0 radical (unpaired) electrons. The number of likely N-dealkylation sites (tertiary alicyclic amines) is 1. The van der Waals surface area contributed by atoms with Crippen molar-refractivity contribution in [2.45, 2.75) is 12.5 Å². The van der Waals surface area contributed by atoms with Gasteiger partial charge in [0, 0.05) is 26.3 Å². The van der Waals surface area contributed by atoms with Gasteiger partial charge in [-0.15, -0.1) is 0 Å². The Morgan fingerprint density at radius 1 is 1.64 bits per heavy atom. The van der Waals surface area contributed by atoms with Crippen molar-refractivity contribution in [3.05, 3.63) is 0 Å². The molecule has 1 aliphatic heterocycles. The van der Waals surface area contributed by atoms with Crippen LogP contribution < -0.4 is 0 Å². The quantitative estimate of drug-likeness (QED) is 0.626. The van der Waals surface area contributed by atoms with Gasteiger partial charge in [0.15, 0.2) is 0 Å². The van der Waals surface area contributed by atoms with Crippen LogP contribution in [0, 0.1) is 5.92 Å². The van der Waals surface area contributed by atoms with E-state index < -0.39 is 0 Å². The predicted molar refractivity (Wildman–Crippen MR) is 43.5 cm³/mol. The molecule has 0 saturated carbocycles. The van der Waals surface area contributed by atoms with Crippen LogP contribution >= 0.6 is 0 Å². The summed E-state index contributed by atoms with van der Waals surface area (Å²) in [5.74, 6) is 0.458. The van der Waals surface area contributed by atoms with Crippen LogP contribution in [-0.2, 0) is 4.74 Å². The maximum Gasteiger partial charge on any atom is 0.0618 e. The normalized spacial score (nSPS) is 33.0. The average molecular weight is 159 g/mol. The summed E-state index contributed by atoms with van der Waals surface area (Å²) in [5, 5.41) is 8.90. The van der Waals surface area contributed by atoms with Crippen molar-refractivity contribution in [1.29, 1.82) is 0 Å². The number of aliphatic hydroxyl groups excluding tert-OH is 1. The van der Waals surface area contributed by atoms with Gasteiger partial charge in [0.25, 0.3) is 0 Å². The van der Waals surface area contributed by atoms with Crippen LogP contribution in [0.2, 0.25) is 0 Å². The number of aliphatic hydroxyl groups is 1. The van der Waals surface area contributed by atoms with Crippen LogP contribution in [0.25, 0.3) is 0 Å². The maximum absolute atomic E-state index is 8.90. The van der Waals surface area contributed by atoms with E-state index in [-0.39, 0.29) is 0 Å². The first-order chi connectivity index (χ1) is 5.27. The van der Waals surface area contributed by atoms with E-state index in [0.717, 1.165) is 19.6 Å². The molecule has 0 amide bonds. The highest BCUT2D eigenvalue weighted by molar-refractivity contribution is 4.82.